The molecule has 2 fully saturated rings. The van der Waals surface area contributed by atoms with Crippen molar-refractivity contribution in [1.82, 2.24) is 15.2 Å². The van der Waals surface area contributed by atoms with Crippen molar-refractivity contribution in [2.45, 2.75) is 31.8 Å². The van der Waals surface area contributed by atoms with Gasteiger partial charge in [-0.3, -0.25) is 9.69 Å². The Labute approximate surface area is 152 Å². The number of aromatic nitrogens is 1. The lowest BCUT2D eigenvalue weighted by Crippen LogP contribution is -2.62. The van der Waals surface area contributed by atoms with Crippen molar-refractivity contribution >= 4 is 28.5 Å². The smallest absolute Gasteiger partial charge is 0.312 e. The molecule has 2 saturated heterocycles. The van der Waals surface area contributed by atoms with Gasteiger partial charge in [0.2, 0.25) is 0 Å². The van der Waals surface area contributed by atoms with Crippen LogP contribution in [-0.4, -0.2) is 46.6 Å². The molecule has 2 aromatic rings. The number of halogens is 1. The molecule has 2 atom stereocenters. The summed E-state index contributed by atoms with van der Waals surface area (Å²) < 4.78 is 0. The van der Waals surface area contributed by atoms with Crippen LogP contribution in [0.4, 0.5) is 0 Å². The summed E-state index contributed by atoms with van der Waals surface area (Å²) in [7, 11) is 0. The van der Waals surface area contributed by atoms with E-state index in [0.29, 0.717) is 18.1 Å². The average molecular weight is 360 g/mol. The van der Waals surface area contributed by atoms with Gasteiger partial charge in [-0.05, 0) is 37.9 Å². The van der Waals surface area contributed by atoms with Crippen molar-refractivity contribution in [3.8, 4) is 0 Å². The number of nitrogens with zero attached hydrogens (tertiary/aromatic N) is 2. The number of carbonyl (C=O) groups is 1. The number of pyridine rings is 1. The maximum atomic E-state index is 12.0. The molecule has 0 saturated carbocycles. The number of fused-ring (bicyclic) bond motifs is 2. The lowest BCUT2D eigenvalue weighted by Gasteiger charge is -2.48. The monoisotopic (exact) mass is 359 g/mol. The minimum Gasteiger partial charge on any atom is -0.481 e. The molecule has 132 valence electrons. The normalized spacial score (nSPS) is 27.2. The molecule has 0 spiro atoms. The van der Waals surface area contributed by atoms with Gasteiger partial charge in [0, 0.05) is 31.1 Å². The van der Waals surface area contributed by atoms with Gasteiger partial charge in [-0.2, -0.15) is 0 Å². The van der Waals surface area contributed by atoms with E-state index in [1.54, 1.807) is 0 Å². The Morgan fingerprint density at radius 2 is 2.28 bits per heavy atom. The highest BCUT2D eigenvalue weighted by molar-refractivity contribution is 6.35. The number of piperidine rings is 2. The zero-order valence-electron chi connectivity index (χ0n) is 14.0. The van der Waals surface area contributed by atoms with Gasteiger partial charge >= 0.3 is 5.97 Å². The molecule has 2 aliphatic rings. The van der Waals surface area contributed by atoms with Gasteiger partial charge < -0.3 is 10.4 Å². The van der Waals surface area contributed by atoms with Gasteiger partial charge in [-0.15, -0.1) is 0 Å². The highest BCUT2D eigenvalue weighted by Gasteiger charge is 2.50. The minimum absolute atomic E-state index is 0.0778. The standard InChI is InChI=1S/C19H22ClN3O2/c20-15-4-1-3-13-5-6-14(22-17(13)15)11-23-10-7-16-19(12-23,18(24)25)8-2-9-21-16/h1,3-6,16,21H,2,7-12H2,(H,24,25)/t16-,19+/m1/s1. The summed E-state index contributed by atoms with van der Waals surface area (Å²) in [4.78, 5) is 19.0. The van der Waals surface area contributed by atoms with Crippen molar-refractivity contribution in [3.05, 3.63) is 41.0 Å². The first-order valence-electron chi connectivity index (χ1n) is 8.82. The van der Waals surface area contributed by atoms with Crippen LogP contribution in [0, 0.1) is 5.41 Å². The Morgan fingerprint density at radius 3 is 3.12 bits per heavy atom. The molecule has 6 heteroatoms. The number of likely N-dealkylation sites (tertiary alicyclic amines) is 1. The first kappa shape index (κ1) is 16.8. The van der Waals surface area contributed by atoms with Crippen molar-refractivity contribution < 1.29 is 9.90 Å². The second-order valence-electron chi connectivity index (χ2n) is 7.19. The second-order valence-corrected chi connectivity index (χ2v) is 7.59. The minimum atomic E-state index is -0.677. The molecule has 5 nitrogen and oxygen atoms in total. The second kappa shape index (κ2) is 6.56. The molecule has 1 aromatic carbocycles. The number of rotatable bonds is 3. The fourth-order valence-corrected chi connectivity index (χ4v) is 4.56. The van der Waals surface area contributed by atoms with Crippen molar-refractivity contribution in [2.75, 3.05) is 19.6 Å². The zero-order chi connectivity index (χ0) is 17.4. The summed E-state index contributed by atoms with van der Waals surface area (Å²) >= 11 is 6.26. The molecular weight excluding hydrogens is 338 g/mol. The molecule has 25 heavy (non-hydrogen) atoms. The van der Waals surface area contributed by atoms with Gasteiger partial charge in [0.15, 0.2) is 0 Å². The number of nitrogens with one attached hydrogen (secondary N) is 1. The van der Waals surface area contributed by atoms with Crippen LogP contribution in [0.5, 0.6) is 0 Å². The maximum absolute atomic E-state index is 12.0. The molecule has 1 aromatic heterocycles. The van der Waals surface area contributed by atoms with Crippen molar-refractivity contribution in [1.29, 1.82) is 0 Å². The SMILES string of the molecule is O=C(O)[C@]12CCCN[C@@H]1CCN(Cc1ccc3cccc(Cl)c3n1)C2. The molecule has 3 heterocycles. The maximum Gasteiger partial charge on any atom is 0.312 e. The number of para-hydroxylation sites is 1. The van der Waals surface area contributed by atoms with E-state index < -0.39 is 11.4 Å². The third kappa shape index (κ3) is 3.01. The molecule has 2 aliphatic heterocycles. The van der Waals surface area contributed by atoms with Gasteiger partial charge in [0.1, 0.15) is 0 Å². The highest BCUT2D eigenvalue weighted by atomic mass is 35.5. The number of carboxylic acids is 1. The highest BCUT2D eigenvalue weighted by Crippen LogP contribution is 2.38. The first-order chi connectivity index (χ1) is 12.1. The summed E-state index contributed by atoms with van der Waals surface area (Å²) in [5.74, 6) is -0.677. The molecular formula is C19H22ClN3O2. The van der Waals surface area contributed by atoms with Crippen molar-refractivity contribution in [3.63, 3.8) is 0 Å². The van der Waals surface area contributed by atoms with Crippen LogP contribution in [0.15, 0.2) is 30.3 Å². The van der Waals surface area contributed by atoms with Gasteiger partial charge in [0.25, 0.3) is 0 Å². The van der Waals surface area contributed by atoms with Crippen LogP contribution in [-0.2, 0) is 11.3 Å². The predicted molar refractivity (Wildman–Crippen MR) is 97.7 cm³/mol. The van der Waals surface area contributed by atoms with E-state index in [4.69, 9.17) is 16.6 Å². The summed E-state index contributed by atoms with van der Waals surface area (Å²) in [5, 5.41) is 15.0. The Hall–Kier alpha value is -1.69. The van der Waals surface area contributed by atoms with E-state index in [2.05, 4.69) is 10.2 Å². The van der Waals surface area contributed by atoms with E-state index >= 15 is 0 Å². The lowest BCUT2D eigenvalue weighted by atomic mass is 9.70. The Kier molecular flexibility index (Phi) is 4.40. The third-order valence-electron chi connectivity index (χ3n) is 5.64. The molecule has 0 aliphatic carbocycles. The third-order valence-corrected chi connectivity index (χ3v) is 5.94. The summed E-state index contributed by atoms with van der Waals surface area (Å²) in [6.07, 6.45) is 2.52. The summed E-state index contributed by atoms with van der Waals surface area (Å²) in [5.41, 5.74) is 1.07. The van der Waals surface area contributed by atoms with Crippen molar-refractivity contribution in [2.24, 2.45) is 5.41 Å². The van der Waals surface area contributed by atoms with Crippen LogP contribution >= 0.6 is 11.6 Å². The van der Waals surface area contributed by atoms with Crippen LogP contribution in [0.2, 0.25) is 5.02 Å². The van der Waals surface area contributed by atoms with E-state index in [9.17, 15) is 9.90 Å². The number of carboxylic acid groups (broad SMARTS) is 1. The van der Waals surface area contributed by atoms with Gasteiger partial charge in [-0.25, -0.2) is 4.98 Å². The number of benzene rings is 1. The molecule has 0 amide bonds. The number of aliphatic carboxylic acids is 1. The van der Waals surface area contributed by atoms with Gasteiger partial charge in [0.05, 0.1) is 21.6 Å². The van der Waals surface area contributed by atoms with E-state index in [1.165, 1.54) is 0 Å². The Balaban J connectivity index is 1.57. The molecule has 0 radical (unpaired) electrons. The molecule has 0 bridgehead atoms. The van der Waals surface area contributed by atoms with Crippen LogP contribution in [0.25, 0.3) is 10.9 Å². The van der Waals surface area contributed by atoms with Crippen LogP contribution in [0.1, 0.15) is 25.0 Å². The molecule has 4 rings (SSSR count). The largest absolute Gasteiger partial charge is 0.481 e. The van der Waals surface area contributed by atoms with E-state index in [-0.39, 0.29) is 6.04 Å². The summed E-state index contributed by atoms with van der Waals surface area (Å²) in [6.45, 7) is 3.03. The Morgan fingerprint density at radius 1 is 1.40 bits per heavy atom. The van der Waals surface area contributed by atoms with Crippen LogP contribution in [0.3, 0.4) is 0 Å². The summed E-state index contributed by atoms with van der Waals surface area (Å²) in [6, 6.07) is 9.89. The first-order valence-corrected chi connectivity index (χ1v) is 9.20. The average Bonchev–Trinajstić information content (AvgIpc) is 2.62. The molecule has 0 unspecified atom stereocenters. The van der Waals surface area contributed by atoms with Crippen LogP contribution < -0.4 is 5.32 Å². The quantitative estimate of drug-likeness (QED) is 0.882. The van der Waals surface area contributed by atoms with E-state index in [1.807, 2.05) is 30.3 Å². The predicted octanol–water partition coefficient (Wildman–Crippen LogP) is 2.92. The lowest BCUT2D eigenvalue weighted by molar-refractivity contribution is -0.157. The number of hydrogen-bond donors (Lipinski definition) is 2. The van der Waals surface area contributed by atoms with E-state index in [0.717, 1.165) is 48.9 Å². The van der Waals surface area contributed by atoms with Gasteiger partial charge in [-0.1, -0.05) is 29.8 Å². The fourth-order valence-electron chi connectivity index (χ4n) is 4.33. The zero-order valence-corrected chi connectivity index (χ0v) is 14.8. The topological polar surface area (TPSA) is 65.5 Å². The fraction of sp³-hybridized carbons (Fsp3) is 0.474. The molecule has 2 N–H and O–H groups in total. The Bertz CT molecular complexity index is 812. The number of hydrogen-bond acceptors (Lipinski definition) is 4.